The van der Waals surface area contributed by atoms with Crippen molar-refractivity contribution >= 4 is 10.9 Å². The molecule has 0 spiro atoms. The zero-order chi connectivity index (χ0) is 17.1. The first kappa shape index (κ1) is 16.1. The standard InChI is InChI=1S/C21H23N3O/c1-25-20-9-5-3-7-18(20)21(24-12-10-22-11-13-24)17-14-16-6-2-4-8-19(16)23-15-17/h2-9,14-15,21-22H,10-13H2,1H3. The molecular weight excluding hydrogens is 310 g/mol. The highest BCUT2D eigenvalue weighted by Crippen LogP contribution is 2.35. The fraction of sp³-hybridized carbons (Fsp3) is 0.286. The van der Waals surface area contributed by atoms with Gasteiger partial charge in [-0.25, -0.2) is 0 Å². The van der Waals surface area contributed by atoms with E-state index in [1.54, 1.807) is 7.11 Å². The molecule has 1 saturated heterocycles. The molecule has 25 heavy (non-hydrogen) atoms. The van der Waals surface area contributed by atoms with E-state index < -0.39 is 0 Å². The van der Waals surface area contributed by atoms with Crippen LogP contribution in [0.15, 0.2) is 60.8 Å². The first-order chi connectivity index (χ1) is 12.4. The van der Waals surface area contributed by atoms with E-state index in [2.05, 4.69) is 46.6 Å². The number of para-hydroxylation sites is 2. The van der Waals surface area contributed by atoms with Crippen molar-refractivity contribution in [1.29, 1.82) is 0 Å². The second-order valence-electron chi connectivity index (χ2n) is 6.39. The van der Waals surface area contributed by atoms with E-state index in [1.165, 1.54) is 16.5 Å². The summed E-state index contributed by atoms with van der Waals surface area (Å²) in [4.78, 5) is 7.21. The number of hydrogen-bond acceptors (Lipinski definition) is 4. The number of benzene rings is 2. The molecule has 1 unspecified atom stereocenters. The van der Waals surface area contributed by atoms with E-state index in [0.29, 0.717) is 0 Å². The average Bonchev–Trinajstić information content (AvgIpc) is 2.69. The van der Waals surface area contributed by atoms with Gasteiger partial charge in [0.15, 0.2) is 0 Å². The van der Waals surface area contributed by atoms with Crippen LogP contribution >= 0.6 is 0 Å². The maximum atomic E-state index is 5.66. The summed E-state index contributed by atoms with van der Waals surface area (Å²) >= 11 is 0. The number of pyridine rings is 1. The third-order valence-electron chi connectivity index (χ3n) is 4.88. The Morgan fingerprint density at radius 2 is 1.80 bits per heavy atom. The summed E-state index contributed by atoms with van der Waals surface area (Å²) in [6, 6.07) is 19.0. The first-order valence-electron chi connectivity index (χ1n) is 8.79. The lowest BCUT2D eigenvalue weighted by molar-refractivity contribution is 0.195. The van der Waals surface area contributed by atoms with E-state index >= 15 is 0 Å². The maximum Gasteiger partial charge on any atom is 0.123 e. The van der Waals surface area contributed by atoms with Crippen LogP contribution in [0.25, 0.3) is 10.9 Å². The molecule has 1 N–H and O–H groups in total. The van der Waals surface area contributed by atoms with Gasteiger partial charge in [-0.3, -0.25) is 9.88 Å². The highest BCUT2D eigenvalue weighted by atomic mass is 16.5. The van der Waals surface area contributed by atoms with Gasteiger partial charge in [0.1, 0.15) is 5.75 Å². The van der Waals surface area contributed by atoms with Crippen LogP contribution in [0.3, 0.4) is 0 Å². The van der Waals surface area contributed by atoms with Gasteiger partial charge in [-0.1, -0.05) is 36.4 Å². The Balaban J connectivity index is 1.83. The summed E-state index contributed by atoms with van der Waals surface area (Å²) in [5, 5.41) is 4.62. The minimum absolute atomic E-state index is 0.148. The number of methoxy groups -OCH3 is 1. The molecule has 3 aromatic rings. The Hall–Kier alpha value is -2.43. The van der Waals surface area contributed by atoms with Gasteiger partial charge in [-0.15, -0.1) is 0 Å². The second kappa shape index (κ2) is 7.21. The van der Waals surface area contributed by atoms with Crippen LogP contribution in [0.5, 0.6) is 5.75 Å². The summed E-state index contributed by atoms with van der Waals surface area (Å²) < 4.78 is 5.66. The van der Waals surface area contributed by atoms with Gasteiger partial charge in [-0.2, -0.15) is 0 Å². The van der Waals surface area contributed by atoms with Gasteiger partial charge in [0, 0.05) is 43.3 Å². The molecule has 1 aliphatic heterocycles. The molecule has 2 heterocycles. The fourth-order valence-corrected chi connectivity index (χ4v) is 3.66. The lowest BCUT2D eigenvalue weighted by Crippen LogP contribution is -2.45. The molecule has 1 aliphatic rings. The summed E-state index contributed by atoms with van der Waals surface area (Å²) in [6.45, 7) is 4.03. The summed E-state index contributed by atoms with van der Waals surface area (Å²) in [5.41, 5.74) is 3.44. The highest BCUT2D eigenvalue weighted by Gasteiger charge is 2.26. The Morgan fingerprint density at radius 1 is 1.04 bits per heavy atom. The largest absolute Gasteiger partial charge is 0.496 e. The quantitative estimate of drug-likeness (QED) is 0.795. The van der Waals surface area contributed by atoms with Gasteiger partial charge in [0.25, 0.3) is 0 Å². The van der Waals surface area contributed by atoms with E-state index in [4.69, 9.17) is 9.72 Å². The first-order valence-corrected chi connectivity index (χ1v) is 8.79. The van der Waals surface area contributed by atoms with E-state index in [-0.39, 0.29) is 6.04 Å². The smallest absolute Gasteiger partial charge is 0.123 e. The van der Waals surface area contributed by atoms with Crippen LogP contribution in [-0.2, 0) is 0 Å². The number of ether oxygens (including phenoxy) is 1. The number of hydrogen-bond donors (Lipinski definition) is 1. The van der Waals surface area contributed by atoms with E-state index in [1.807, 2.05) is 24.4 Å². The molecule has 4 nitrogen and oxygen atoms in total. The molecule has 0 amide bonds. The highest BCUT2D eigenvalue weighted by molar-refractivity contribution is 5.79. The van der Waals surface area contributed by atoms with Gasteiger partial charge in [0.2, 0.25) is 0 Å². The van der Waals surface area contributed by atoms with Crippen LogP contribution < -0.4 is 10.1 Å². The third kappa shape index (κ3) is 3.23. The van der Waals surface area contributed by atoms with Gasteiger partial charge >= 0.3 is 0 Å². The lowest BCUT2D eigenvalue weighted by atomic mass is 9.95. The number of fused-ring (bicyclic) bond motifs is 1. The maximum absolute atomic E-state index is 5.66. The van der Waals surface area contributed by atoms with Crippen molar-refractivity contribution in [2.24, 2.45) is 0 Å². The predicted octanol–water partition coefficient (Wildman–Crippen LogP) is 3.24. The van der Waals surface area contributed by atoms with Crippen LogP contribution in [0.4, 0.5) is 0 Å². The van der Waals surface area contributed by atoms with Crippen molar-refractivity contribution in [2.75, 3.05) is 33.3 Å². The Labute approximate surface area is 148 Å². The summed E-state index contributed by atoms with van der Waals surface area (Å²) in [6.07, 6.45) is 2.02. The normalized spacial score (nSPS) is 16.7. The fourth-order valence-electron chi connectivity index (χ4n) is 3.66. The van der Waals surface area contributed by atoms with Crippen LogP contribution in [0.1, 0.15) is 17.2 Å². The predicted molar refractivity (Wildman–Crippen MR) is 101 cm³/mol. The van der Waals surface area contributed by atoms with E-state index in [0.717, 1.165) is 37.4 Å². The zero-order valence-electron chi connectivity index (χ0n) is 14.5. The number of rotatable bonds is 4. The number of aromatic nitrogens is 1. The van der Waals surface area contributed by atoms with Gasteiger partial charge < -0.3 is 10.1 Å². The van der Waals surface area contributed by atoms with Gasteiger partial charge in [-0.05, 0) is 23.8 Å². The number of piperazine rings is 1. The SMILES string of the molecule is COc1ccccc1C(c1cnc2ccccc2c1)N1CCNCC1. The molecule has 0 saturated carbocycles. The molecule has 1 fully saturated rings. The summed E-state index contributed by atoms with van der Waals surface area (Å²) in [5.74, 6) is 0.930. The monoisotopic (exact) mass is 333 g/mol. The van der Waals surface area contributed by atoms with Gasteiger partial charge in [0.05, 0.1) is 18.7 Å². The molecule has 4 heteroatoms. The number of nitrogens with zero attached hydrogens (tertiary/aromatic N) is 2. The van der Waals surface area contributed by atoms with Crippen molar-refractivity contribution in [3.8, 4) is 5.75 Å². The van der Waals surface area contributed by atoms with Crippen molar-refractivity contribution in [3.05, 3.63) is 71.9 Å². The summed E-state index contributed by atoms with van der Waals surface area (Å²) in [7, 11) is 1.74. The molecule has 1 aromatic heterocycles. The third-order valence-corrected chi connectivity index (χ3v) is 4.88. The Bertz CT molecular complexity index is 858. The molecule has 1 atom stereocenters. The van der Waals surface area contributed by atoms with Crippen molar-refractivity contribution in [2.45, 2.75) is 6.04 Å². The van der Waals surface area contributed by atoms with E-state index in [9.17, 15) is 0 Å². The topological polar surface area (TPSA) is 37.4 Å². The second-order valence-corrected chi connectivity index (χ2v) is 6.39. The minimum atomic E-state index is 0.148. The lowest BCUT2D eigenvalue weighted by Gasteiger charge is -2.36. The molecule has 128 valence electrons. The van der Waals surface area contributed by atoms with Crippen LogP contribution in [-0.4, -0.2) is 43.2 Å². The van der Waals surface area contributed by atoms with Crippen molar-refractivity contribution in [3.63, 3.8) is 0 Å². The minimum Gasteiger partial charge on any atom is -0.496 e. The molecule has 2 aromatic carbocycles. The molecule has 0 radical (unpaired) electrons. The van der Waals surface area contributed by atoms with Crippen molar-refractivity contribution in [1.82, 2.24) is 15.2 Å². The Kier molecular flexibility index (Phi) is 4.63. The van der Waals surface area contributed by atoms with Crippen LogP contribution in [0, 0.1) is 0 Å². The molecule has 0 bridgehead atoms. The Morgan fingerprint density at radius 3 is 2.64 bits per heavy atom. The molecule has 4 rings (SSSR count). The van der Waals surface area contributed by atoms with Crippen molar-refractivity contribution < 1.29 is 4.74 Å². The zero-order valence-corrected chi connectivity index (χ0v) is 14.5. The molecular formula is C21H23N3O. The molecule has 0 aliphatic carbocycles. The van der Waals surface area contributed by atoms with Crippen LogP contribution in [0.2, 0.25) is 0 Å². The average molecular weight is 333 g/mol. The number of nitrogens with one attached hydrogen (secondary N) is 1.